The molecule has 0 aromatic heterocycles. The molecule has 0 saturated heterocycles. The molecule has 3 heteroatoms. The molecule has 2 aromatic rings. The topological polar surface area (TPSA) is 38.3 Å². The molecular weight excluding hydrogens is 322 g/mol. The lowest BCUT2D eigenvalue weighted by Crippen LogP contribution is -2.40. The van der Waals surface area contributed by atoms with Crippen LogP contribution in [0.15, 0.2) is 36.4 Å². The smallest absolute Gasteiger partial charge is 0.261 e. The van der Waals surface area contributed by atoms with Gasteiger partial charge in [0.05, 0.1) is 6.04 Å². The Morgan fingerprint density at radius 3 is 2.04 bits per heavy atom. The molecule has 1 N–H and O–H groups in total. The van der Waals surface area contributed by atoms with E-state index in [4.69, 9.17) is 4.74 Å². The number of nitrogens with one attached hydrogen (secondary N) is 1. The largest absolute Gasteiger partial charge is 0.481 e. The van der Waals surface area contributed by atoms with E-state index < -0.39 is 6.10 Å². The summed E-state index contributed by atoms with van der Waals surface area (Å²) in [6, 6.07) is 12.3. The van der Waals surface area contributed by atoms with Gasteiger partial charge in [0, 0.05) is 0 Å². The van der Waals surface area contributed by atoms with Crippen molar-refractivity contribution in [1.82, 2.24) is 5.32 Å². The van der Waals surface area contributed by atoms with Gasteiger partial charge in [-0.05, 0) is 80.5 Å². The van der Waals surface area contributed by atoms with E-state index in [1.165, 1.54) is 22.3 Å². The molecule has 0 saturated carbocycles. The highest BCUT2D eigenvalue weighted by molar-refractivity contribution is 5.81. The molecule has 0 fully saturated rings. The summed E-state index contributed by atoms with van der Waals surface area (Å²) in [5.41, 5.74) is 6.04. The normalized spacial score (nSPS) is 13.2. The van der Waals surface area contributed by atoms with Crippen molar-refractivity contribution >= 4 is 5.91 Å². The number of benzene rings is 2. The molecule has 0 aliphatic carbocycles. The summed E-state index contributed by atoms with van der Waals surface area (Å²) in [5.74, 6) is 0.685. The first-order valence-electron chi connectivity index (χ1n) is 9.47. The Morgan fingerprint density at radius 2 is 1.50 bits per heavy atom. The fraction of sp³-hybridized carbons (Fsp3) is 0.435. The third-order valence-corrected chi connectivity index (χ3v) is 5.08. The Bertz CT molecular complexity index is 767. The summed E-state index contributed by atoms with van der Waals surface area (Å²) in [5, 5.41) is 3.16. The molecule has 3 nitrogen and oxygen atoms in total. The van der Waals surface area contributed by atoms with Crippen LogP contribution in [0.3, 0.4) is 0 Å². The minimum absolute atomic E-state index is 0.000737. The van der Waals surface area contributed by atoms with Crippen molar-refractivity contribution in [2.75, 3.05) is 0 Å². The highest BCUT2D eigenvalue weighted by Gasteiger charge is 2.22. The van der Waals surface area contributed by atoms with Crippen LogP contribution in [0.2, 0.25) is 0 Å². The van der Waals surface area contributed by atoms with Crippen LogP contribution in [0.5, 0.6) is 5.75 Å². The van der Waals surface area contributed by atoms with E-state index in [2.05, 4.69) is 58.1 Å². The molecule has 0 bridgehead atoms. The van der Waals surface area contributed by atoms with Crippen LogP contribution in [-0.4, -0.2) is 12.0 Å². The van der Waals surface area contributed by atoms with Gasteiger partial charge in [-0.25, -0.2) is 0 Å². The quantitative estimate of drug-likeness (QED) is 0.729. The zero-order valence-corrected chi connectivity index (χ0v) is 16.8. The summed E-state index contributed by atoms with van der Waals surface area (Å²) >= 11 is 0. The first kappa shape index (κ1) is 20.0. The Labute approximate surface area is 157 Å². The van der Waals surface area contributed by atoms with Crippen LogP contribution < -0.4 is 10.1 Å². The Kier molecular flexibility index (Phi) is 6.84. The third-order valence-electron chi connectivity index (χ3n) is 5.08. The maximum absolute atomic E-state index is 12.8. The van der Waals surface area contributed by atoms with Gasteiger partial charge in [0.15, 0.2) is 6.10 Å². The molecule has 26 heavy (non-hydrogen) atoms. The van der Waals surface area contributed by atoms with Crippen LogP contribution >= 0.6 is 0 Å². The molecule has 0 heterocycles. The van der Waals surface area contributed by atoms with Crippen molar-refractivity contribution < 1.29 is 9.53 Å². The number of ether oxygens (including phenoxy) is 1. The van der Waals surface area contributed by atoms with Gasteiger partial charge in [-0.2, -0.15) is 0 Å². The highest BCUT2D eigenvalue weighted by atomic mass is 16.5. The van der Waals surface area contributed by atoms with Crippen LogP contribution in [0.4, 0.5) is 0 Å². The summed E-state index contributed by atoms with van der Waals surface area (Å²) in [6.07, 6.45) is 0.980. The van der Waals surface area contributed by atoms with E-state index >= 15 is 0 Å². The maximum atomic E-state index is 12.8. The fourth-order valence-corrected chi connectivity index (χ4v) is 2.94. The fourth-order valence-electron chi connectivity index (χ4n) is 2.94. The third kappa shape index (κ3) is 4.87. The Morgan fingerprint density at radius 1 is 0.885 bits per heavy atom. The molecule has 140 valence electrons. The van der Waals surface area contributed by atoms with Gasteiger partial charge in [0.25, 0.3) is 5.91 Å². The van der Waals surface area contributed by atoms with E-state index in [0.717, 1.165) is 17.7 Å². The second kappa shape index (κ2) is 8.88. The van der Waals surface area contributed by atoms with Gasteiger partial charge in [0.1, 0.15) is 5.75 Å². The molecule has 2 aromatic carbocycles. The number of hydrogen-bond acceptors (Lipinski definition) is 2. The maximum Gasteiger partial charge on any atom is 0.261 e. The molecular formula is C23H31NO2. The number of amides is 1. The zero-order valence-electron chi connectivity index (χ0n) is 16.8. The molecule has 0 aliphatic heterocycles. The molecule has 2 rings (SSSR count). The Balaban J connectivity index is 2.10. The van der Waals surface area contributed by atoms with Gasteiger partial charge < -0.3 is 10.1 Å². The molecule has 2 atom stereocenters. The van der Waals surface area contributed by atoms with Gasteiger partial charge >= 0.3 is 0 Å². The SMILES string of the molecule is CC[C@H](NC(=O)[C@@H](CC)Oc1ccc(C)c(C)c1)c1ccc(C)c(C)c1. The van der Waals surface area contributed by atoms with E-state index in [0.29, 0.717) is 6.42 Å². The van der Waals surface area contributed by atoms with Gasteiger partial charge in [-0.3, -0.25) is 4.79 Å². The molecule has 0 spiro atoms. The second-order valence-electron chi connectivity index (χ2n) is 7.07. The number of carbonyl (C=O) groups is 1. The van der Waals surface area contributed by atoms with E-state index in [1.807, 2.05) is 25.1 Å². The molecule has 0 unspecified atom stereocenters. The Hall–Kier alpha value is -2.29. The average molecular weight is 354 g/mol. The second-order valence-corrected chi connectivity index (χ2v) is 7.07. The number of aryl methyl sites for hydroxylation is 4. The lowest BCUT2D eigenvalue weighted by molar-refractivity contribution is -0.128. The monoisotopic (exact) mass is 353 g/mol. The highest BCUT2D eigenvalue weighted by Crippen LogP contribution is 2.22. The minimum atomic E-state index is -0.488. The average Bonchev–Trinajstić information content (AvgIpc) is 2.62. The van der Waals surface area contributed by atoms with Crippen molar-refractivity contribution in [3.05, 3.63) is 64.2 Å². The van der Waals surface area contributed by atoms with Crippen molar-refractivity contribution in [3.8, 4) is 5.75 Å². The van der Waals surface area contributed by atoms with Gasteiger partial charge in [-0.15, -0.1) is 0 Å². The summed E-state index contributed by atoms with van der Waals surface area (Å²) < 4.78 is 5.97. The summed E-state index contributed by atoms with van der Waals surface area (Å²) in [7, 11) is 0. The lowest BCUT2D eigenvalue weighted by atomic mass is 9.99. The van der Waals surface area contributed by atoms with Gasteiger partial charge in [0.2, 0.25) is 0 Å². The number of hydrogen-bond donors (Lipinski definition) is 1. The molecule has 0 aliphatic rings. The van der Waals surface area contributed by atoms with Crippen molar-refractivity contribution in [2.45, 2.75) is 66.5 Å². The summed E-state index contributed by atoms with van der Waals surface area (Å²) in [6.45, 7) is 12.4. The van der Waals surface area contributed by atoms with Gasteiger partial charge in [-0.1, -0.05) is 38.1 Å². The van der Waals surface area contributed by atoms with Crippen molar-refractivity contribution in [3.63, 3.8) is 0 Å². The predicted octanol–water partition coefficient (Wildman–Crippen LogP) is 5.35. The van der Waals surface area contributed by atoms with Crippen molar-refractivity contribution in [2.24, 2.45) is 0 Å². The summed E-state index contributed by atoms with van der Waals surface area (Å²) in [4.78, 5) is 12.8. The number of rotatable bonds is 7. The van der Waals surface area contributed by atoms with E-state index in [9.17, 15) is 4.79 Å². The predicted molar refractivity (Wildman–Crippen MR) is 108 cm³/mol. The zero-order chi connectivity index (χ0) is 19.3. The van der Waals surface area contributed by atoms with Crippen LogP contribution in [-0.2, 0) is 4.79 Å². The van der Waals surface area contributed by atoms with E-state index in [-0.39, 0.29) is 11.9 Å². The first-order valence-corrected chi connectivity index (χ1v) is 9.47. The van der Waals surface area contributed by atoms with Crippen LogP contribution in [0, 0.1) is 27.7 Å². The first-order chi connectivity index (χ1) is 12.3. The number of carbonyl (C=O) groups excluding carboxylic acids is 1. The van der Waals surface area contributed by atoms with E-state index in [1.54, 1.807) is 0 Å². The minimum Gasteiger partial charge on any atom is -0.481 e. The van der Waals surface area contributed by atoms with Crippen LogP contribution in [0.25, 0.3) is 0 Å². The standard InChI is InChI=1S/C23H31NO2/c1-7-21(19-11-9-15(3)17(5)13-19)24-23(25)22(8-2)26-20-12-10-16(4)18(6)14-20/h9-14,21-22H,7-8H2,1-6H3,(H,24,25)/t21-,22+/m0/s1. The molecule has 1 amide bonds. The lowest BCUT2D eigenvalue weighted by Gasteiger charge is -2.23. The molecule has 0 radical (unpaired) electrons. The van der Waals surface area contributed by atoms with Crippen LogP contribution in [0.1, 0.15) is 60.5 Å². The van der Waals surface area contributed by atoms with Crippen molar-refractivity contribution in [1.29, 1.82) is 0 Å².